The third-order valence-electron chi connectivity index (χ3n) is 2.89. The molecular weight excluding hydrogens is 294 g/mol. The number of aliphatic carboxylic acids is 1. The smallest absolute Gasteiger partial charge is 0.313 e. The molecule has 0 aliphatic heterocycles. The van der Waals surface area contributed by atoms with Gasteiger partial charge in [0.25, 0.3) is 5.56 Å². The van der Waals surface area contributed by atoms with E-state index in [0.717, 1.165) is 23.0 Å². The van der Waals surface area contributed by atoms with E-state index >= 15 is 0 Å². The molecule has 7 nitrogen and oxygen atoms in total. The molecule has 0 unspecified atom stereocenters. The van der Waals surface area contributed by atoms with Crippen LogP contribution in [0, 0.1) is 0 Å². The van der Waals surface area contributed by atoms with E-state index in [2.05, 4.69) is 15.5 Å². The summed E-state index contributed by atoms with van der Waals surface area (Å²) in [4.78, 5) is 33.8. The molecular formula is C13H19N3O4S. The number of nitrogens with one attached hydrogen (secondary N) is 2. The third kappa shape index (κ3) is 5.22. The zero-order valence-electron chi connectivity index (χ0n) is 12.1. The summed E-state index contributed by atoms with van der Waals surface area (Å²) in [7, 11) is 0. The predicted octanol–water partition coefficient (Wildman–Crippen LogP) is 0.329. The van der Waals surface area contributed by atoms with Crippen molar-refractivity contribution >= 4 is 23.6 Å². The number of thioether (sulfide) groups is 1. The topological polar surface area (TPSA) is 112 Å². The quantitative estimate of drug-likeness (QED) is 0.637. The molecule has 3 N–H and O–H groups in total. The van der Waals surface area contributed by atoms with E-state index < -0.39 is 5.97 Å². The number of H-pyrrole nitrogens is 1. The maximum Gasteiger partial charge on any atom is 0.313 e. The number of aromatic amines is 1. The molecule has 0 radical (unpaired) electrons. The van der Waals surface area contributed by atoms with E-state index in [1.807, 2.05) is 13.8 Å². The Kier molecular flexibility index (Phi) is 6.93. The maximum absolute atomic E-state index is 11.8. The molecule has 0 bridgehead atoms. The van der Waals surface area contributed by atoms with Gasteiger partial charge in [0.05, 0.1) is 17.2 Å². The molecule has 1 aromatic heterocycles. The number of carboxylic acids is 1. The first kappa shape index (κ1) is 17.2. The molecule has 0 fully saturated rings. The second kappa shape index (κ2) is 8.46. The Hall–Kier alpha value is -1.83. The highest BCUT2D eigenvalue weighted by atomic mass is 32.2. The molecule has 21 heavy (non-hydrogen) atoms. The average molecular weight is 313 g/mol. The van der Waals surface area contributed by atoms with Crippen molar-refractivity contribution in [1.82, 2.24) is 15.5 Å². The Morgan fingerprint density at radius 2 is 1.95 bits per heavy atom. The lowest BCUT2D eigenvalue weighted by Gasteiger charge is -2.11. The molecule has 0 atom stereocenters. The minimum Gasteiger partial charge on any atom is -0.481 e. The van der Waals surface area contributed by atoms with Gasteiger partial charge in [0.15, 0.2) is 0 Å². The second-order valence-electron chi connectivity index (χ2n) is 4.33. The summed E-state index contributed by atoms with van der Waals surface area (Å²) < 4.78 is 0. The standard InChI is InChI=1S/C13H19N3O4S/c1-3-8-9(13(20)16-15-10(8)4-2)5-14-11(17)6-21-7-12(18)19/h3-7H2,1-2H3,(H,14,17)(H,16,20)(H,18,19). The lowest BCUT2D eigenvalue weighted by atomic mass is 10.0. The predicted molar refractivity (Wildman–Crippen MR) is 80.4 cm³/mol. The molecule has 1 amide bonds. The van der Waals surface area contributed by atoms with Crippen molar-refractivity contribution in [2.75, 3.05) is 11.5 Å². The van der Waals surface area contributed by atoms with Crippen LogP contribution in [0.5, 0.6) is 0 Å². The number of carbonyl (C=O) groups excluding carboxylic acids is 1. The van der Waals surface area contributed by atoms with Gasteiger partial charge in [-0.3, -0.25) is 14.4 Å². The Bertz CT molecular complexity index is 571. The summed E-state index contributed by atoms with van der Waals surface area (Å²) in [6.45, 7) is 4.01. The summed E-state index contributed by atoms with van der Waals surface area (Å²) >= 11 is 1.02. The van der Waals surface area contributed by atoms with Crippen LogP contribution in [-0.4, -0.2) is 38.7 Å². The Morgan fingerprint density at radius 3 is 2.52 bits per heavy atom. The first-order valence-electron chi connectivity index (χ1n) is 6.65. The van der Waals surface area contributed by atoms with Crippen molar-refractivity contribution in [3.8, 4) is 0 Å². The number of aryl methyl sites for hydroxylation is 1. The zero-order valence-corrected chi connectivity index (χ0v) is 12.9. The van der Waals surface area contributed by atoms with Crippen molar-refractivity contribution in [2.24, 2.45) is 0 Å². The van der Waals surface area contributed by atoms with Gasteiger partial charge in [-0.15, -0.1) is 11.8 Å². The van der Waals surface area contributed by atoms with Crippen LogP contribution in [0.3, 0.4) is 0 Å². The minimum absolute atomic E-state index is 0.0530. The first-order chi connectivity index (χ1) is 9.99. The van der Waals surface area contributed by atoms with Gasteiger partial charge in [0, 0.05) is 12.1 Å². The molecule has 0 spiro atoms. The van der Waals surface area contributed by atoms with E-state index in [0.29, 0.717) is 18.4 Å². The summed E-state index contributed by atoms with van der Waals surface area (Å²) in [6, 6.07) is 0. The molecule has 116 valence electrons. The Labute approximate surface area is 126 Å². The van der Waals surface area contributed by atoms with Crippen molar-refractivity contribution in [3.63, 3.8) is 0 Å². The molecule has 1 aromatic rings. The number of carboxylic acid groups (broad SMARTS) is 1. The fraction of sp³-hybridized carbons (Fsp3) is 0.538. The van der Waals surface area contributed by atoms with Crippen LogP contribution in [-0.2, 0) is 29.0 Å². The van der Waals surface area contributed by atoms with Gasteiger partial charge in [0.2, 0.25) is 5.91 Å². The van der Waals surface area contributed by atoms with Crippen LogP contribution < -0.4 is 10.9 Å². The van der Waals surface area contributed by atoms with E-state index in [1.54, 1.807) is 0 Å². The van der Waals surface area contributed by atoms with Gasteiger partial charge >= 0.3 is 5.97 Å². The van der Waals surface area contributed by atoms with E-state index in [-0.39, 0.29) is 29.5 Å². The van der Waals surface area contributed by atoms with Gasteiger partial charge < -0.3 is 10.4 Å². The minimum atomic E-state index is -0.959. The highest BCUT2D eigenvalue weighted by molar-refractivity contribution is 8.00. The van der Waals surface area contributed by atoms with Gasteiger partial charge in [-0.25, -0.2) is 5.10 Å². The fourth-order valence-corrected chi connectivity index (χ4v) is 2.49. The molecule has 0 aromatic carbocycles. The number of rotatable bonds is 8. The van der Waals surface area contributed by atoms with Gasteiger partial charge in [-0.2, -0.15) is 5.10 Å². The molecule has 1 heterocycles. The number of amides is 1. The number of carbonyl (C=O) groups is 2. The van der Waals surface area contributed by atoms with E-state index in [1.165, 1.54) is 0 Å². The molecule has 0 saturated carbocycles. The lowest BCUT2D eigenvalue weighted by Crippen LogP contribution is -2.30. The molecule has 0 aliphatic carbocycles. The number of nitrogens with zero attached hydrogens (tertiary/aromatic N) is 1. The van der Waals surface area contributed by atoms with E-state index in [4.69, 9.17) is 5.11 Å². The van der Waals surface area contributed by atoms with Gasteiger partial charge in [0.1, 0.15) is 0 Å². The normalized spacial score (nSPS) is 10.4. The SMILES string of the molecule is CCc1n[nH]c(=O)c(CNC(=O)CSCC(=O)O)c1CC. The molecule has 0 aliphatic rings. The molecule has 0 saturated heterocycles. The Morgan fingerprint density at radius 1 is 1.24 bits per heavy atom. The van der Waals surface area contributed by atoms with Crippen LogP contribution in [0.4, 0.5) is 0 Å². The third-order valence-corrected chi connectivity index (χ3v) is 3.81. The van der Waals surface area contributed by atoms with Crippen LogP contribution >= 0.6 is 11.8 Å². The highest BCUT2D eigenvalue weighted by Crippen LogP contribution is 2.10. The summed E-state index contributed by atoms with van der Waals surface area (Å²) in [5.74, 6) is -1.32. The number of aromatic nitrogens is 2. The number of hydrogen-bond donors (Lipinski definition) is 3. The van der Waals surface area contributed by atoms with Crippen LogP contribution in [0.2, 0.25) is 0 Å². The first-order valence-corrected chi connectivity index (χ1v) is 7.80. The average Bonchev–Trinajstić information content (AvgIpc) is 2.45. The summed E-state index contributed by atoms with van der Waals surface area (Å²) in [5, 5.41) is 17.6. The Balaban J connectivity index is 2.68. The van der Waals surface area contributed by atoms with Crippen LogP contribution in [0.15, 0.2) is 4.79 Å². The van der Waals surface area contributed by atoms with Crippen molar-refractivity contribution < 1.29 is 14.7 Å². The van der Waals surface area contributed by atoms with E-state index in [9.17, 15) is 14.4 Å². The summed E-state index contributed by atoms with van der Waals surface area (Å²) in [6.07, 6.45) is 1.37. The zero-order chi connectivity index (χ0) is 15.8. The van der Waals surface area contributed by atoms with Gasteiger partial charge in [-0.1, -0.05) is 13.8 Å². The number of hydrogen-bond acceptors (Lipinski definition) is 5. The van der Waals surface area contributed by atoms with Crippen molar-refractivity contribution in [2.45, 2.75) is 33.2 Å². The molecule has 1 rings (SSSR count). The van der Waals surface area contributed by atoms with Crippen molar-refractivity contribution in [1.29, 1.82) is 0 Å². The van der Waals surface area contributed by atoms with Crippen LogP contribution in [0.1, 0.15) is 30.7 Å². The van der Waals surface area contributed by atoms with Crippen molar-refractivity contribution in [3.05, 3.63) is 27.2 Å². The highest BCUT2D eigenvalue weighted by Gasteiger charge is 2.13. The van der Waals surface area contributed by atoms with Crippen LogP contribution in [0.25, 0.3) is 0 Å². The fourth-order valence-electron chi connectivity index (χ4n) is 1.93. The molecule has 8 heteroatoms. The van der Waals surface area contributed by atoms with Gasteiger partial charge in [-0.05, 0) is 18.4 Å². The lowest BCUT2D eigenvalue weighted by molar-refractivity contribution is -0.133. The second-order valence-corrected chi connectivity index (χ2v) is 5.31. The largest absolute Gasteiger partial charge is 0.481 e. The summed E-state index contributed by atoms with van der Waals surface area (Å²) in [5.41, 5.74) is 1.89. The maximum atomic E-state index is 11.8. The monoisotopic (exact) mass is 313 g/mol.